The summed E-state index contributed by atoms with van der Waals surface area (Å²) in [6.45, 7) is 9.72. The second kappa shape index (κ2) is 6.61. The molecule has 1 N–H and O–H groups in total. The van der Waals surface area contributed by atoms with Gasteiger partial charge in [-0.1, -0.05) is 6.92 Å². The molecule has 0 radical (unpaired) electrons. The summed E-state index contributed by atoms with van der Waals surface area (Å²) in [7, 11) is -0.621. The highest BCUT2D eigenvalue weighted by molar-refractivity contribution is 7.84. The zero-order valence-corrected chi connectivity index (χ0v) is 11.0. The largest absolute Gasteiger partial charge is 0.312 e. The third-order valence-electron chi connectivity index (χ3n) is 3.03. The molecule has 1 heterocycles. The summed E-state index contributed by atoms with van der Waals surface area (Å²) >= 11 is 0. The highest BCUT2D eigenvalue weighted by Crippen LogP contribution is 2.11. The third-order valence-corrected chi connectivity index (χ3v) is 4.34. The van der Waals surface area contributed by atoms with Gasteiger partial charge in [-0.3, -0.25) is 9.11 Å². The SMILES string of the molecule is CCS(=O)CCNC1CCN(C(C)C)C1. The van der Waals surface area contributed by atoms with Gasteiger partial charge in [0.05, 0.1) is 0 Å². The van der Waals surface area contributed by atoms with Gasteiger partial charge >= 0.3 is 0 Å². The summed E-state index contributed by atoms with van der Waals surface area (Å²) in [6, 6.07) is 1.27. The number of hydrogen-bond donors (Lipinski definition) is 1. The molecule has 0 saturated carbocycles. The van der Waals surface area contributed by atoms with Crippen LogP contribution in [-0.2, 0) is 10.8 Å². The van der Waals surface area contributed by atoms with Gasteiger partial charge in [-0.2, -0.15) is 0 Å². The van der Waals surface area contributed by atoms with Crippen LogP contribution in [0.15, 0.2) is 0 Å². The monoisotopic (exact) mass is 232 g/mol. The van der Waals surface area contributed by atoms with Gasteiger partial charge in [0.2, 0.25) is 0 Å². The summed E-state index contributed by atoms with van der Waals surface area (Å²) in [5.41, 5.74) is 0. The number of rotatable bonds is 6. The molecule has 2 unspecified atom stereocenters. The van der Waals surface area contributed by atoms with E-state index < -0.39 is 10.8 Å². The minimum Gasteiger partial charge on any atom is -0.312 e. The van der Waals surface area contributed by atoms with Gasteiger partial charge in [-0.15, -0.1) is 0 Å². The minimum absolute atomic E-state index is 0.612. The van der Waals surface area contributed by atoms with Crippen LogP contribution in [0.3, 0.4) is 0 Å². The van der Waals surface area contributed by atoms with E-state index in [2.05, 4.69) is 24.1 Å². The van der Waals surface area contributed by atoms with E-state index in [4.69, 9.17) is 0 Å². The first-order valence-electron chi connectivity index (χ1n) is 5.96. The maximum absolute atomic E-state index is 11.2. The predicted octanol–water partition coefficient (Wildman–Crippen LogP) is 0.827. The molecule has 1 aliphatic rings. The number of nitrogens with one attached hydrogen (secondary N) is 1. The van der Waals surface area contributed by atoms with E-state index in [1.165, 1.54) is 13.0 Å². The van der Waals surface area contributed by atoms with Crippen LogP contribution in [0.2, 0.25) is 0 Å². The number of hydrogen-bond acceptors (Lipinski definition) is 3. The lowest BCUT2D eigenvalue weighted by atomic mass is 10.3. The Morgan fingerprint density at radius 2 is 2.27 bits per heavy atom. The summed E-state index contributed by atoms with van der Waals surface area (Å²) in [5, 5.41) is 3.50. The molecule has 15 heavy (non-hydrogen) atoms. The van der Waals surface area contributed by atoms with Gasteiger partial charge < -0.3 is 5.32 Å². The molecular weight excluding hydrogens is 208 g/mol. The number of likely N-dealkylation sites (tertiary alicyclic amines) is 1. The molecule has 1 fully saturated rings. The summed E-state index contributed by atoms with van der Waals surface area (Å²) < 4.78 is 11.2. The highest BCUT2D eigenvalue weighted by atomic mass is 32.2. The fraction of sp³-hybridized carbons (Fsp3) is 1.00. The minimum atomic E-state index is -0.621. The van der Waals surface area contributed by atoms with E-state index in [9.17, 15) is 4.21 Å². The van der Waals surface area contributed by atoms with Crippen molar-refractivity contribution in [2.75, 3.05) is 31.1 Å². The third kappa shape index (κ3) is 4.62. The van der Waals surface area contributed by atoms with Crippen LogP contribution < -0.4 is 5.32 Å². The average Bonchev–Trinajstić information content (AvgIpc) is 2.66. The fourth-order valence-corrected chi connectivity index (χ4v) is 2.58. The molecule has 0 aromatic carbocycles. The van der Waals surface area contributed by atoms with Crippen molar-refractivity contribution in [1.29, 1.82) is 0 Å². The van der Waals surface area contributed by atoms with E-state index in [0.29, 0.717) is 12.1 Å². The van der Waals surface area contributed by atoms with Crippen molar-refractivity contribution in [3.8, 4) is 0 Å². The Morgan fingerprint density at radius 3 is 2.80 bits per heavy atom. The standard InChI is InChI=1S/C11H24N2OS/c1-4-15(14)8-6-12-11-5-7-13(9-11)10(2)3/h10-12H,4-9H2,1-3H3. The van der Waals surface area contributed by atoms with Crippen LogP contribution in [-0.4, -0.2) is 52.3 Å². The van der Waals surface area contributed by atoms with E-state index in [0.717, 1.165) is 24.6 Å². The Kier molecular flexibility index (Phi) is 5.79. The van der Waals surface area contributed by atoms with Crippen LogP contribution in [0.25, 0.3) is 0 Å². The molecule has 0 bridgehead atoms. The molecule has 0 aliphatic carbocycles. The van der Waals surface area contributed by atoms with Crippen LogP contribution in [0.4, 0.5) is 0 Å². The second-order valence-electron chi connectivity index (χ2n) is 4.46. The van der Waals surface area contributed by atoms with Crippen molar-refractivity contribution in [2.24, 2.45) is 0 Å². The summed E-state index contributed by atoms with van der Waals surface area (Å²) in [5.74, 6) is 1.58. The van der Waals surface area contributed by atoms with E-state index in [-0.39, 0.29) is 0 Å². The van der Waals surface area contributed by atoms with Crippen LogP contribution in [0, 0.1) is 0 Å². The molecule has 3 nitrogen and oxygen atoms in total. The Labute approximate surface area is 96.1 Å². The van der Waals surface area contributed by atoms with Gasteiger partial charge in [-0.05, 0) is 26.8 Å². The zero-order valence-electron chi connectivity index (χ0n) is 10.2. The molecule has 4 heteroatoms. The maximum Gasteiger partial charge on any atom is 0.0360 e. The summed E-state index contributed by atoms with van der Waals surface area (Å²) in [6.07, 6.45) is 1.23. The molecule has 1 rings (SSSR count). The Morgan fingerprint density at radius 1 is 1.53 bits per heavy atom. The second-order valence-corrected chi connectivity index (χ2v) is 6.33. The number of nitrogens with zero attached hydrogens (tertiary/aromatic N) is 1. The molecule has 1 aliphatic heterocycles. The summed E-state index contributed by atoms with van der Waals surface area (Å²) in [4.78, 5) is 2.49. The van der Waals surface area contributed by atoms with Crippen molar-refractivity contribution in [3.05, 3.63) is 0 Å². The van der Waals surface area contributed by atoms with Crippen molar-refractivity contribution in [2.45, 2.75) is 39.3 Å². The molecule has 1 saturated heterocycles. The highest BCUT2D eigenvalue weighted by Gasteiger charge is 2.23. The van der Waals surface area contributed by atoms with Crippen molar-refractivity contribution < 1.29 is 4.21 Å². The lowest BCUT2D eigenvalue weighted by molar-refractivity contribution is 0.268. The fourth-order valence-electron chi connectivity index (χ4n) is 1.94. The lowest BCUT2D eigenvalue weighted by Gasteiger charge is -2.20. The van der Waals surface area contributed by atoms with Crippen molar-refractivity contribution in [1.82, 2.24) is 10.2 Å². The molecule has 0 aromatic rings. The van der Waals surface area contributed by atoms with E-state index >= 15 is 0 Å². The lowest BCUT2D eigenvalue weighted by Crippen LogP contribution is -2.36. The van der Waals surface area contributed by atoms with Crippen molar-refractivity contribution >= 4 is 10.8 Å². The molecule has 2 atom stereocenters. The Balaban J connectivity index is 2.11. The van der Waals surface area contributed by atoms with Gasteiger partial charge in [0.1, 0.15) is 0 Å². The smallest absolute Gasteiger partial charge is 0.0360 e. The van der Waals surface area contributed by atoms with E-state index in [1.807, 2.05) is 6.92 Å². The van der Waals surface area contributed by atoms with Gasteiger partial charge in [-0.25, -0.2) is 0 Å². The topological polar surface area (TPSA) is 32.3 Å². The molecular formula is C11H24N2OS. The molecule has 0 spiro atoms. The maximum atomic E-state index is 11.2. The van der Waals surface area contributed by atoms with Crippen molar-refractivity contribution in [3.63, 3.8) is 0 Å². The van der Waals surface area contributed by atoms with Gasteiger partial charge in [0.25, 0.3) is 0 Å². The molecule has 0 amide bonds. The van der Waals surface area contributed by atoms with Gasteiger partial charge in [0.15, 0.2) is 0 Å². The van der Waals surface area contributed by atoms with Crippen LogP contribution in [0.1, 0.15) is 27.2 Å². The van der Waals surface area contributed by atoms with Crippen LogP contribution >= 0.6 is 0 Å². The average molecular weight is 232 g/mol. The first-order valence-corrected chi connectivity index (χ1v) is 7.44. The zero-order chi connectivity index (χ0) is 11.3. The molecule has 90 valence electrons. The normalized spacial score (nSPS) is 24.9. The quantitative estimate of drug-likeness (QED) is 0.736. The Hall–Kier alpha value is 0.0700. The Bertz CT molecular complexity index is 209. The van der Waals surface area contributed by atoms with Gasteiger partial charge in [0, 0.05) is 47.5 Å². The first-order chi connectivity index (χ1) is 7.13. The molecule has 0 aromatic heterocycles. The van der Waals surface area contributed by atoms with Crippen LogP contribution in [0.5, 0.6) is 0 Å². The first kappa shape index (κ1) is 13.1. The van der Waals surface area contributed by atoms with E-state index in [1.54, 1.807) is 0 Å². The predicted molar refractivity (Wildman–Crippen MR) is 66.7 cm³/mol.